The summed E-state index contributed by atoms with van der Waals surface area (Å²) in [5.74, 6) is 0. The lowest BCUT2D eigenvalue weighted by Gasteiger charge is -2.36. The highest BCUT2D eigenvalue weighted by molar-refractivity contribution is 5.37. The fourth-order valence-corrected chi connectivity index (χ4v) is 2.42. The molecule has 1 heteroatoms. The first-order valence-corrected chi connectivity index (χ1v) is 5.27. The van der Waals surface area contributed by atoms with Crippen LogP contribution in [0.4, 0.5) is 0 Å². The molecule has 0 aliphatic heterocycles. The molecule has 0 spiro atoms. The third-order valence-corrected chi connectivity index (χ3v) is 3.35. The zero-order chi connectivity index (χ0) is 10.2. The molecule has 0 heterocycles. The molecule has 0 saturated carbocycles. The quantitative estimate of drug-likeness (QED) is 0.659. The van der Waals surface area contributed by atoms with E-state index in [2.05, 4.69) is 38.1 Å². The van der Waals surface area contributed by atoms with E-state index in [0.717, 1.165) is 6.42 Å². The maximum Gasteiger partial charge on any atom is 0.0824 e. The summed E-state index contributed by atoms with van der Waals surface area (Å²) >= 11 is 0. The molecule has 1 aromatic rings. The minimum Gasteiger partial charge on any atom is -0.377 e. The monoisotopic (exact) mass is 190 g/mol. The van der Waals surface area contributed by atoms with Crippen LogP contribution in [0.25, 0.3) is 0 Å². The van der Waals surface area contributed by atoms with Gasteiger partial charge in [0, 0.05) is 7.11 Å². The molecule has 2 rings (SSSR count). The van der Waals surface area contributed by atoms with E-state index in [1.54, 1.807) is 7.11 Å². The largest absolute Gasteiger partial charge is 0.377 e. The Morgan fingerprint density at radius 3 is 2.71 bits per heavy atom. The van der Waals surface area contributed by atoms with Crippen LogP contribution >= 0.6 is 0 Å². The summed E-state index contributed by atoms with van der Waals surface area (Å²) in [4.78, 5) is 0. The molecular formula is C13H18O. The summed E-state index contributed by atoms with van der Waals surface area (Å²) in [5, 5.41) is 0. The van der Waals surface area contributed by atoms with Crippen LogP contribution in [0.2, 0.25) is 0 Å². The van der Waals surface area contributed by atoms with Crippen LogP contribution in [-0.4, -0.2) is 7.11 Å². The Morgan fingerprint density at radius 1 is 1.29 bits per heavy atom. The van der Waals surface area contributed by atoms with Crippen LogP contribution in [0, 0.1) is 0 Å². The molecule has 1 atom stereocenters. The molecule has 1 nitrogen and oxygen atoms in total. The summed E-state index contributed by atoms with van der Waals surface area (Å²) in [6, 6.07) is 8.66. The molecule has 76 valence electrons. The smallest absolute Gasteiger partial charge is 0.0824 e. The summed E-state index contributed by atoms with van der Waals surface area (Å²) in [6.07, 6.45) is 2.66. The highest BCUT2D eigenvalue weighted by Gasteiger charge is 2.31. The van der Waals surface area contributed by atoms with E-state index in [4.69, 9.17) is 4.74 Å². The van der Waals surface area contributed by atoms with Crippen molar-refractivity contribution in [1.82, 2.24) is 0 Å². The van der Waals surface area contributed by atoms with Crippen molar-refractivity contribution < 1.29 is 4.74 Å². The zero-order valence-corrected chi connectivity index (χ0v) is 9.21. The second-order valence-electron chi connectivity index (χ2n) is 4.73. The third kappa shape index (κ3) is 1.46. The van der Waals surface area contributed by atoms with Gasteiger partial charge in [0.2, 0.25) is 0 Å². The average molecular weight is 190 g/mol. The Morgan fingerprint density at radius 2 is 2.00 bits per heavy atom. The molecule has 0 aromatic heterocycles. The number of ether oxygens (including phenoxy) is 1. The predicted octanol–water partition coefficient (Wildman–Crippen LogP) is 3.45. The summed E-state index contributed by atoms with van der Waals surface area (Å²) in [6.45, 7) is 4.63. The van der Waals surface area contributed by atoms with E-state index in [0.29, 0.717) is 11.5 Å². The lowest BCUT2D eigenvalue weighted by atomic mass is 9.72. The number of hydrogen-bond acceptors (Lipinski definition) is 1. The van der Waals surface area contributed by atoms with Crippen molar-refractivity contribution in [2.24, 2.45) is 0 Å². The Bertz CT molecular complexity index is 328. The van der Waals surface area contributed by atoms with E-state index in [1.165, 1.54) is 17.5 Å². The van der Waals surface area contributed by atoms with Gasteiger partial charge in [0.25, 0.3) is 0 Å². The second kappa shape index (κ2) is 3.39. The van der Waals surface area contributed by atoms with Crippen molar-refractivity contribution >= 4 is 0 Å². The number of methoxy groups -OCH3 is 1. The highest BCUT2D eigenvalue weighted by atomic mass is 16.5. The van der Waals surface area contributed by atoms with Crippen LogP contribution in [0.5, 0.6) is 0 Å². The Labute approximate surface area is 86.1 Å². The normalized spacial score (nSPS) is 24.4. The fourth-order valence-electron chi connectivity index (χ4n) is 2.42. The molecule has 0 amide bonds. The minimum atomic E-state index is 0.305. The van der Waals surface area contributed by atoms with Gasteiger partial charge in [-0.05, 0) is 29.4 Å². The number of benzene rings is 1. The SMILES string of the molecule is COC1CCC(C)(C)c2ccccc21. The van der Waals surface area contributed by atoms with Gasteiger partial charge in [-0.2, -0.15) is 0 Å². The first-order chi connectivity index (χ1) is 6.65. The molecule has 0 radical (unpaired) electrons. The molecule has 1 aromatic carbocycles. The van der Waals surface area contributed by atoms with Gasteiger partial charge in [-0.25, -0.2) is 0 Å². The number of hydrogen-bond donors (Lipinski definition) is 0. The number of rotatable bonds is 1. The fraction of sp³-hybridized carbons (Fsp3) is 0.538. The van der Waals surface area contributed by atoms with Crippen molar-refractivity contribution in [2.45, 2.75) is 38.2 Å². The predicted molar refractivity (Wildman–Crippen MR) is 58.5 cm³/mol. The molecule has 0 fully saturated rings. The first kappa shape index (κ1) is 9.72. The topological polar surface area (TPSA) is 9.23 Å². The molecule has 1 aliphatic carbocycles. The van der Waals surface area contributed by atoms with Crippen LogP contribution in [0.1, 0.15) is 43.9 Å². The van der Waals surface area contributed by atoms with Gasteiger partial charge in [0.1, 0.15) is 0 Å². The van der Waals surface area contributed by atoms with Crippen molar-refractivity contribution in [3.63, 3.8) is 0 Å². The highest BCUT2D eigenvalue weighted by Crippen LogP contribution is 2.42. The van der Waals surface area contributed by atoms with E-state index in [1.807, 2.05) is 0 Å². The maximum atomic E-state index is 5.51. The van der Waals surface area contributed by atoms with Crippen molar-refractivity contribution in [1.29, 1.82) is 0 Å². The van der Waals surface area contributed by atoms with Gasteiger partial charge in [0.15, 0.2) is 0 Å². The summed E-state index contributed by atoms with van der Waals surface area (Å²) < 4.78 is 5.51. The molecule has 0 bridgehead atoms. The van der Waals surface area contributed by atoms with Gasteiger partial charge in [-0.3, -0.25) is 0 Å². The van der Waals surface area contributed by atoms with Crippen molar-refractivity contribution in [3.8, 4) is 0 Å². The van der Waals surface area contributed by atoms with Gasteiger partial charge < -0.3 is 4.74 Å². The van der Waals surface area contributed by atoms with E-state index in [-0.39, 0.29) is 0 Å². The average Bonchev–Trinajstić information content (AvgIpc) is 2.18. The second-order valence-corrected chi connectivity index (χ2v) is 4.73. The first-order valence-electron chi connectivity index (χ1n) is 5.27. The molecular weight excluding hydrogens is 172 g/mol. The van der Waals surface area contributed by atoms with Crippen LogP contribution < -0.4 is 0 Å². The molecule has 1 unspecified atom stereocenters. The van der Waals surface area contributed by atoms with E-state index >= 15 is 0 Å². The van der Waals surface area contributed by atoms with E-state index < -0.39 is 0 Å². The summed E-state index contributed by atoms with van der Waals surface area (Å²) in [5.41, 5.74) is 3.15. The Balaban J connectivity index is 2.49. The van der Waals surface area contributed by atoms with Crippen LogP contribution in [-0.2, 0) is 10.2 Å². The van der Waals surface area contributed by atoms with E-state index in [9.17, 15) is 0 Å². The Kier molecular flexibility index (Phi) is 2.36. The van der Waals surface area contributed by atoms with Crippen LogP contribution in [0.3, 0.4) is 0 Å². The zero-order valence-electron chi connectivity index (χ0n) is 9.21. The molecule has 0 saturated heterocycles. The number of fused-ring (bicyclic) bond motifs is 1. The van der Waals surface area contributed by atoms with Crippen LogP contribution in [0.15, 0.2) is 24.3 Å². The lowest BCUT2D eigenvalue weighted by Crippen LogP contribution is -2.26. The van der Waals surface area contributed by atoms with Crippen molar-refractivity contribution in [2.75, 3.05) is 7.11 Å². The molecule has 1 aliphatic rings. The van der Waals surface area contributed by atoms with Gasteiger partial charge >= 0.3 is 0 Å². The lowest BCUT2D eigenvalue weighted by molar-refractivity contribution is 0.0777. The van der Waals surface area contributed by atoms with Gasteiger partial charge in [-0.15, -0.1) is 0 Å². The third-order valence-electron chi connectivity index (χ3n) is 3.35. The molecule has 14 heavy (non-hydrogen) atoms. The van der Waals surface area contributed by atoms with Gasteiger partial charge in [0.05, 0.1) is 6.10 Å². The molecule has 0 N–H and O–H groups in total. The Hall–Kier alpha value is -0.820. The van der Waals surface area contributed by atoms with Crippen molar-refractivity contribution in [3.05, 3.63) is 35.4 Å². The summed E-state index contributed by atoms with van der Waals surface area (Å²) in [7, 11) is 1.81. The standard InChI is InChI=1S/C13H18O/c1-13(2)9-8-12(14-3)10-6-4-5-7-11(10)13/h4-7,12H,8-9H2,1-3H3. The van der Waals surface area contributed by atoms with Gasteiger partial charge in [-0.1, -0.05) is 38.1 Å². The minimum absolute atomic E-state index is 0.305. The maximum absolute atomic E-state index is 5.51.